The van der Waals surface area contributed by atoms with Crippen LogP contribution in [0.2, 0.25) is 0 Å². The second-order valence-corrected chi connectivity index (χ2v) is 6.04. The molecule has 3 rings (SSSR count). The first-order chi connectivity index (χ1) is 12.0. The van der Waals surface area contributed by atoms with Gasteiger partial charge >= 0.3 is 0 Å². The van der Waals surface area contributed by atoms with E-state index in [1.54, 1.807) is 18.2 Å². The first kappa shape index (κ1) is 17.3. The number of quaternary nitrogens is 1. The minimum absolute atomic E-state index is 0.0317. The molecule has 1 aliphatic rings. The minimum atomic E-state index is -0.798. The summed E-state index contributed by atoms with van der Waals surface area (Å²) in [6.07, 6.45) is 0. The van der Waals surface area contributed by atoms with Crippen LogP contribution in [0.1, 0.15) is 0 Å². The van der Waals surface area contributed by atoms with Gasteiger partial charge in [-0.25, -0.2) is 13.2 Å². The number of carbonyl (C=O) groups excluding carboxylic acids is 1. The molecule has 1 amide bonds. The summed E-state index contributed by atoms with van der Waals surface area (Å²) in [4.78, 5) is 15.0. The number of anilines is 2. The van der Waals surface area contributed by atoms with Gasteiger partial charge < -0.3 is 15.1 Å². The molecular weight excluding hydrogens is 331 g/mol. The zero-order valence-electron chi connectivity index (χ0n) is 13.6. The Hall–Kier alpha value is -2.54. The largest absolute Gasteiger partial charge is 0.358 e. The van der Waals surface area contributed by atoms with Crippen molar-refractivity contribution in [3.63, 3.8) is 0 Å². The average Bonchev–Trinajstić information content (AvgIpc) is 2.59. The number of carbonyl (C=O) groups is 1. The van der Waals surface area contributed by atoms with Gasteiger partial charge in [-0.2, -0.15) is 0 Å². The molecule has 132 valence electrons. The van der Waals surface area contributed by atoms with E-state index in [0.29, 0.717) is 31.9 Å². The summed E-state index contributed by atoms with van der Waals surface area (Å²) in [5.41, 5.74) is 0.537. The van der Waals surface area contributed by atoms with E-state index in [1.807, 2.05) is 4.90 Å². The fourth-order valence-electron chi connectivity index (χ4n) is 2.96. The Labute approximate surface area is 143 Å². The number of para-hydroxylation sites is 1. The van der Waals surface area contributed by atoms with Gasteiger partial charge in [0, 0.05) is 6.07 Å². The third-order valence-electron chi connectivity index (χ3n) is 4.28. The molecule has 0 radical (unpaired) electrons. The van der Waals surface area contributed by atoms with Crippen molar-refractivity contribution in [1.82, 2.24) is 0 Å². The van der Waals surface area contributed by atoms with E-state index < -0.39 is 11.6 Å². The number of nitrogens with zero attached hydrogens (tertiary/aromatic N) is 1. The van der Waals surface area contributed by atoms with Crippen LogP contribution in [0.3, 0.4) is 0 Å². The SMILES string of the molecule is O=C(C[NH+]1CCN(c2ccccc2F)CC1)Nc1ccc(F)cc1F. The average molecular weight is 350 g/mol. The van der Waals surface area contributed by atoms with E-state index in [1.165, 1.54) is 12.1 Å². The summed E-state index contributed by atoms with van der Waals surface area (Å²) >= 11 is 0. The number of hydrogen-bond donors (Lipinski definition) is 2. The predicted molar refractivity (Wildman–Crippen MR) is 89.2 cm³/mol. The molecule has 2 N–H and O–H groups in total. The monoisotopic (exact) mass is 350 g/mol. The van der Waals surface area contributed by atoms with Crippen LogP contribution in [-0.4, -0.2) is 38.6 Å². The zero-order valence-corrected chi connectivity index (χ0v) is 13.6. The minimum Gasteiger partial charge on any atom is -0.358 e. The van der Waals surface area contributed by atoms with Gasteiger partial charge in [0.1, 0.15) is 17.5 Å². The van der Waals surface area contributed by atoms with Crippen molar-refractivity contribution < 1.29 is 22.9 Å². The Bertz CT molecular complexity index is 761. The van der Waals surface area contributed by atoms with Crippen molar-refractivity contribution >= 4 is 17.3 Å². The van der Waals surface area contributed by atoms with Gasteiger partial charge in [-0.1, -0.05) is 12.1 Å². The molecule has 1 heterocycles. The molecule has 4 nitrogen and oxygen atoms in total. The van der Waals surface area contributed by atoms with Crippen LogP contribution < -0.4 is 15.1 Å². The molecule has 0 aliphatic carbocycles. The summed E-state index contributed by atoms with van der Waals surface area (Å²) in [6.45, 7) is 2.80. The highest BCUT2D eigenvalue weighted by atomic mass is 19.1. The lowest BCUT2D eigenvalue weighted by atomic mass is 10.2. The van der Waals surface area contributed by atoms with E-state index in [4.69, 9.17) is 0 Å². The fraction of sp³-hybridized carbons (Fsp3) is 0.278. The Balaban J connectivity index is 1.52. The number of benzene rings is 2. The van der Waals surface area contributed by atoms with Gasteiger partial charge in [-0.05, 0) is 24.3 Å². The molecule has 2 aromatic rings. The highest BCUT2D eigenvalue weighted by molar-refractivity contribution is 5.91. The molecular formula is C18H19F3N3O+. The predicted octanol–water partition coefficient (Wildman–Crippen LogP) is 1.45. The molecule has 0 saturated carbocycles. The highest BCUT2D eigenvalue weighted by Gasteiger charge is 2.24. The van der Waals surface area contributed by atoms with Crippen molar-refractivity contribution in [3.8, 4) is 0 Å². The van der Waals surface area contributed by atoms with Crippen LogP contribution in [0.15, 0.2) is 42.5 Å². The van der Waals surface area contributed by atoms with E-state index in [9.17, 15) is 18.0 Å². The van der Waals surface area contributed by atoms with E-state index >= 15 is 0 Å². The topological polar surface area (TPSA) is 36.8 Å². The molecule has 7 heteroatoms. The van der Waals surface area contributed by atoms with Crippen LogP contribution in [0, 0.1) is 17.5 Å². The number of hydrogen-bond acceptors (Lipinski definition) is 2. The third kappa shape index (κ3) is 4.30. The normalized spacial score (nSPS) is 15.2. The summed E-state index contributed by atoms with van der Waals surface area (Å²) in [6, 6.07) is 9.65. The van der Waals surface area contributed by atoms with Crippen molar-refractivity contribution in [1.29, 1.82) is 0 Å². The Morgan fingerprint density at radius 3 is 2.44 bits per heavy atom. The maximum Gasteiger partial charge on any atom is 0.279 e. The quantitative estimate of drug-likeness (QED) is 0.876. The first-order valence-electron chi connectivity index (χ1n) is 8.11. The number of rotatable bonds is 4. The Kier molecular flexibility index (Phi) is 5.23. The van der Waals surface area contributed by atoms with Gasteiger partial charge in [0.25, 0.3) is 5.91 Å². The van der Waals surface area contributed by atoms with Gasteiger partial charge in [0.05, 0.1) is 37.6 Å². The van der Waals surface area contributed by atoms with Crippen LogP contribution in [0.25, 0.3) is 0 Å². The molecule has 0 aromatic heterocycles. The standard InChI is InChI=1S/C18H18F3N3O/c19-13-5-6-16(15(21)11-13)22-18(25)12-23-7-9-24(10-8-23)17-4-2-1-3-14(17)20/h1-6,11H,7-10,12H2,(H,22,25)/p+1. The lowest BCUT2D eigenvalue weighted by Crippen LogP contribution is -3.15. The lowest BCUT2D eigenvalue weighted by molar-refractivity contribution is -0.892. The van der Waals surface area contributed by atoms with Crippen molar-refractivity contribution in [2.45, 2.75) is 0 Å². The molecule has 1 fully saturated rings. The van der Waals surface area contributed by atoms with Crippen LogP contribution >= 0.6 is 0 Å². The molecule has 0 bridgehead atoms. The number of amides is 1. The second-order valence-electron chi connectivity index (χ2n) is 6.04. The Morgan fingerprint density at radius 1 is 1.04 bits per heavy atom. The maximum absolute atomic E-state index is 13.8. The summed E-state index contributed by atoms with van der Waals surface area (Å²) in [5, 5.41) is 2.46. The molecule has 1 aliphatic heterocycles. The van der Waals surface area contributed by atoms with Gasteiger partial charge in [0.15, 0.2) is 6.54 Å². The highest BCUT2D eigenvalue weighted by Crippen LogP contribution is 2.18. The summed E-state index contributed by atoms with van der Waals surface area (Å²) in [5.74, 6) is -2.08. The Morgan fingerprint density at radius 2 is 1.76 bits per heavy atom. The van der Waals surface area contributed by atoms with Gasteiger partial charge in [0.2, 0.25) is 0 Å². The van der Waals surface area contributed by atoms with Crippen molar-refractivity contribution in [2.75, 3.05) is 42.9 Å². The van der Waals surface area contributed by atoms with Crippen LogP contribution in [0.5, 0.6) is 0 Å². The van der Waals surface area contributed by atoms with Gasteiger partial charge in [-0.3, -0.25) is 4.79 Å². The van der Waals surface area contributed by atoms with Gasteiger partial charge in [-0.15, -0.1) is 0 Å². The molecule has 25 heavy (non-hydrogen) atoms. The third-order valence-corrected chi connectivity index (χ3v) is 4.28. The number of nitrogens with one attached hydrogen (secondary N) is 2. The number of halogens is 3. The number of piperazine rings is 1. The van der Waals surface area contributed by atoms with E-state index in [0.717, 1.165) is 17.0 Å². The molecule has 1 saturated heterocycles. The van der Waals surface area contributed by atoms with Crippen molar-refractivity contribution in [2.24, 2.45) is 0 Å². The first-order valence-corrected chi connectivity index (χ1v) is 8.11. The molecule has 2 aromatic carbocycles. The van der Waals surface area contributed by atoms with Crippen molar-refractivity contribution in [3.05, 3.63) is 59.9 Å². The van der Waals surface area contributed by atoms with E-state index in [2.05, 4.69) is 5.32 Å². The fourth-order valence-corrected chi connectivity index (χ4v) is 2.96. The van der Waals surface area contributed by atoms with Crippen LogP contribution in [-0.2, 0) is 4.79 Å². The lowest BCUT2D eigenvalue weighted by Gasteiger charge is -2.33. The van der Waals surface area contributed by atoms with E-state index in [-0.39, 0.29) is 24.0 Å². The molecule has 0 unspecified atom stereocenters. The summed E-state index contributed by atoms with van der Waals surface area (Å²) in [7, 11) is 0. The molecule has 0 atom stereocenters. The zero-order chi connectivity index (χ0) is 17.8. The summed E-state index contributed by atoms with van der Waals surface area (Å²) < 4.78 is 40.3. The second kappa shape index (κ2) is 7.57. The van der Waals surface area contributed by atoms with Crippen LogP contribution in [0.4, 0.5) is 24.5 Å². The molecule has 0 spiro atoms. The maximum atomic E-state index is 13.8. The smallest absolute Gasteiger partial charge is 0.279 e.